The predicted octanol–water partition coefficient (Wildman–Crippen LogP) is 1.38. The van der Waals surface area contributed by atoms with E-state index >= 15 is 0 Å². The van der Waals surface area contributed by atoms with Gasteiger partial charge >= 0.3 is 0 Å². The van der Waals surface area contributed by atoms with Gasteiger partial charge in [-0.05, 0) is 40.5 Å². The summed E-state index contributed by atoms with van der Waals surface area (Å²) in [6.07, 6.45) is 3.58. The predicted molar refractivity (Wildman–Crippen MR) is 94.1 cm³/mol. The standard InChI is InChI=1S/C18H29N5O/c1-13-11-23(10-7-19-13)18(4)5-8-22(9-6-18)17(24)16-14(2)20-12-21-15(16)3/h12-13,19H,5-11H2,1-4H3/t13-/m0/s1. The summed E-state index contributed by atoms with van der Waals surface area (Å²) in [5.74, 6) is 0.0846. The second kappa shape index (κ2) is 6.76. The summed E-state index contributed by atoms with van der Waals surface area (Å²) in [6.45, 7) is 13.2. The Morgan fingerprint density at radius 1 is 1.21 bits per heavy atom. The fraction of sp³-hybridized carbons (Fsp3) is 0.722. The van der Waals surface area contributed by atoms with Crippen LogP contribution in [0.3, 0.4) is 0 Å². The van der Waals surface area contributed by atoms with E-state index in [0.29, 0.717) is 11.6 Å². The normalized spacial score (nSPS) is 24.8. The smallest absolute Gasteiger partial charge is 0.257 e. The molecule has 2 aliphatic heterocycles. The van der Waals surface area contributed by atoms with Crippen molar-refractivity contribution in [1.82, 2.24) is 25.1 Å². The third-order valence-electron chi connectivity index (χ3n) is 5.70. The molecule has 0 saturated carbocycles. The monoisotopic (exact) mass is 331 g/mol. The van der Waals surface area contributed by atoms with Gasteiger partial charge in [0.15, 0.2) is 0 Å². The number of piperazine rings is 1. The number of amides is 1. The molecule has 1 amide bonds. The summed E-state index contributed by atoms with van der Waals surface area (Å²) in [6, 6.07) is 0.544. The number of hydrogen-bond donors (Lipinski definition) is 1. The molecule has 3 heterocycles. The number of likely N-dealkylation sites (tertiary alicyclic amines) is 1. The lowest BCUT2D eigenvalue weighted by molar-refractivity contribution is 0.0164. The molecule has 0 radical (unpaired) electrons. The molecule has 1 aromatic heterocycles. The highest BCUT2D eigenvalue weighted by molar-refractivity contribution is 5.96. The molecule has 0 bridgehead atoms. The maximum absolute atomic E-state index is 12.9. The molecule has 3 rings (SSSR count). The second-order valence-electron chi connectivity index (χ2n) is 7.51. The number of aryl methyl sites for hydroxylation is 2. The SMILES string of the molecule is Cc1ncnc(C)c1C(=O)N1CCC(C)(N2CCN[C@@H](C)C2)CC1. The topological polar surface area (TPSA) is 61.4 Å². The van der Waals surface area contributed by atoms with Gasteiger partial charge in [-0.3, -0.25) is 9.69 Å². The fourth-order valence-electron chi connectivity index (χ4n) is 3.99. The summed E-state index contributed by atoms with van der Waals surface area (Å²) in [4.78, 5) is 25.9. The molecule has 1 atom stereocenters. The minimum atomic E-state index is 0.0846. The van der Waals surface area contributed by atoms with Crippen LogP contribution in [0, 0.1) is 13.8 Å². The van der Waals surface area contributed by atoms with E-state index in [4.69, 9.17) is 0 Å². The minimum absolute atomic E-state index is 0.0846. The van der Waals surface area contributed by atoms with Crippen LogP contribution >= 0.6 is 0 Å². The third kappa shape index (κ3) is 3.30. The average molecular weight is 331 g/mol. The van der Waals surface area contributed by atoms with Crippen molar-refractivity contribution in [3.05, 3.63) is 23.3 Å². The summed E-state index contributed by atoms with van der Waals surface area (Å²) >= 11 is 0. The van der Waals surface area contributed by atoms with E-state index in [1.807, 2.05) is 18.7 Å². The molecule has 1 N–H and O–H groups in total. The van der Waals surface area contributed by atoms with E-state index in [1.54, 1.807) is 0 Å². The maximum atomic E-state index is 12.9. The molecular formula is C18H29N5O. The van der Waals surface area contributed by atoms with Crippen molar-refractivity contribution in [3.8, 4) is 0 Å². The number of nitrogens with one attached hydrogen (secondary N) is 1. The summed E-state index contributed by atoms with van der Waals surface area (Å²) in [7, 11) is 0. The molecule has 2 fully saturated rings. The van der Waals surface area contributed by atoms with Crippen molar-refractivity contribution in [2.75, 3.05) is 32.7 Å². The first-order chi connectivity index (χ1) is 11.4. The Balaban J connectivity index is 1.67. The molecule has 0 aliphatic carbocycles. The molecule has 6 nitrogen and oxygen atoms in total. The number of carbonyl (C=O) groups excluding carboxylic acids is 1. The van der Waals surface area contributed by atoms with Gasteiger partial charge in [-0.2, -0.15) is 0 Å². The van der Waals surface area contributed by atoms with Gasteiger partial charge < -0.3 is 10.2 Å². The Morgan fingerprint density at radius 3 is 2.42 bits per heavy atom. The van der Waals surface area contributed by atoms with Gasteiger partial charge in [-0.25, -0.2) is 9.97 Å². The third-order valence-corrected chi connectivity index (χ3v) is 5.70. The first-order valence-corrected chi connectivity index (χ1v) is 8.96. The van der Waals surface area contributed by atoms with Crippen LogP contribution in [-0.4, -0.2) is 70.0 Å². The fourth-order valence-corrected chi connectivity index (χ4v) is 3.99. The Hall–Kier alpha value is -1.53. The van der Waals surface area contributed by atoms with E-state index in [2.05, 4.69) is 34.0 Å². The zero-order valence-corrected chi connectivity index (χ0v) is 15.3. The lowest BCUT2D eigenvalue weighted by Crippen LogP contribution is -2.61. The highest BCUT2D eigenvalue weighted by atomic mass is 16.2. The number of aromatic nitrogens is 2. The zero-order valence-electron chi connectivity index (χ0n) is 15.3. The number of piperidine rings is 1. The van der Waals surface area contributed by atoms with Crippen LogP contribution in [0.4, 0.5) is 0 Å². The lowest BCUT2D eigenvalue weighted by atomic mass is 9.86. The molecule has 24 heavy (non-hydrogen) atoms. The average Bonchev–Trinajstić information content (AvgIpc) is 2.55. The highest BCUT2D eigenvalue weighted by Crippen LogP contribution is 2.30. The van der Waals surface area contributed by atoms with Gasteiger partial charge in [-0.15, -0.1) is 0 Å². The van der Waals surface area contributed by atoms with Crippen molar-refractivity contribution < 1.29 is 4.79 Å². The van der Waals surface area contributed by atoms with E-state index in [9.17, 15) is 4.79 Å². The maximum Gasteiger partial charge on any atom is 0.257 e. The summed E-state index contributed by atoms with van der Waals surface area (Å²) in [5, 5.41) is 3.51. The van der Waals surface area contributed by atoms with Gasteiger partial charge in [0, 0.05) is 44.3 Å². The first-order valence-electron chi connectivity index (χ1n) is 8.96. The largest absolute Gasteiger partial charge is 0.338 e. The first kappa shape index (κ1) is 17.3. The van der Waals surface area contributed by atoms with Gasteiger partial charge in [0.25, 0.3) is 5.91 Å². The summed E-state index contributed by atoms with van der Waals surface area (Å²) in [5.41, 5.74) is 2.43. The van der Waals surface area contributed by atoms with Crippen LogP contribution in [-0.2, 0) is 0 Å². The molecule has 6 heteroatoms. The van der Waals surface area contributed by atoms with Crippen molar-refractivity contribution in [1.29, 1.82) is 0 Å². The molecule has 0 aromatic carbocycles. The Morgan fingerprint density at radius 2 is 1.83 bits per heavy atom. The van der Waals surface area contributed by atoms with E-state index in [0.717, 1.165) is 57.0 Å². The van der Waals surface area contributed by atoms with Crippen LogP contribution < -0.4 is 5.32 Å². The molecule has 132 valence electrons. The molecule has 2 aliphatic rings. The van der Waals surface area contributed by atoms with Crippen LogP contribution in [0.2, 0.25) is 0 Å². The molecule has 0 unspecified atom stereocenters. The number of nitrogens with zero attached hydrogens (tertiary/aromatic N) is 4. The van der Waals surface area contributed by atoms with E-state index in [1.165, 1.54) is 6.33 Å². The number of rotatable bonds is 2. The van der Waals surface area contributed by atoms with Crippen LogP contribution in [0.1, 0.15) is 48.4 Å². The van der Waals surface area contributed by atoms with Gasteiger partial charge in [0.2, 0.25) is 0 Å². The van der Waals surface area contributed by atoms with Crippen molar-refractivity contribution in [2.45, 2.75) is 52.1 Å². The molecular weight excluding hydrogens is 302 g/mol. The van der Waals surface area contributed by atoms with Crippen molar-refractivity contribution >= 4 is 5.91 Å². The Kier molecular flexibility index (Phi) is 4.88. The van der Waals surface area contributed by atoms with E-state index in [-0.39, 0.29) is 11.4 Å². The molecule has 2 saturated heterocycles. The Labute approximate surface area is 144 Å². The van der Waals surface area contributed by atoms with Crippen molar-refractivity contribution in [2.24, 2.45) is 0 Å². The second-order valence-corrected chi connectivity index (χ2v) is 7.51. The lowest BCUT2D eigenvalue weighted by Gasteiger charge is -2.49. The zero-order chi connectivity index (χ0) is 17.3. The molecule has 0 spiro atoms. The highest BCUT2D eigenvalue weighted by Gasteiger charge is 2.38. The summed E-state index contributed by atoms with van der Waals surface area (Å²) < 4.78 is 0. The van der Waals surface area contributed by atoms with Gasteiger partial charge in [0.1, 0.15) is 6.33 Å². The van der Waals surface area contributed by atoms with Crippen molar-refractivity contribution in [3.63, 3.8) is 0 Å². The molecule has 1 aromatic rings. The minimum Gasteiger partial charge on any atom is -0.338 e. The number of hydrogen-bond acceptors (Lipinski definition) is 5. The quantitative estimate of drug-likeness (QED) is 0.887. The number of carbonyl (C=O) groups is 1. The Bertz CT molecular complexity index is 589. The van der Waals surface area contributed by atoms with Crippen LogP contribution in [0.15, 0.2) is 6.33 Å². The van der Waals surface area contributed by atoms with Crippen LogP contribution in [0.25, 0.3) is 0 Å². The van der Waals surface area contributed by atoms with Crippen LogP contribution in [0.5, 0.6) is 0 Å². The van der Waals surface area contributed by atoms with E-state index < -0.39 is 0 Å². The van der Waals surface area contributed by atoms with Gasteiger partial charge in [-0.1, -0.05) is 0 Å². The van der Waals surface area contributed by atoms with Gasteiger partial charge in [0.05, 0.1) is 17.0 Å².